The molecule has 1 N–H and O–H groups in total. The summed E-state index contributed by atoms with van der Waals surface area (Å²) in [7, 11) is 0. The molecule has 1 atom stereocenters. The second-order valence-corrected chi connectivity index (χ2v) is 8.40. The first-order valence-electron chi connectivity index (χ1n) is 11.3. The molecule has 0 aromatic heterocycles. The summed E-state index contributed by atoms with van der Waals surface area (Å²) >= 11 is 0. The molecule has 2 aromatic rings. The van der Waals surface area contributed by atoms with Gasteiger partial charge in [-0.05, 0) is 43.6 Å². The molecule has 2 aromatic carbocycles. The predicted molar refractivity (Wildman–Crippen MR) is 122 cm³/mol. The Morgan fingerprint density at radius 2 is 1.29 bits per heavy atom. The number of hydrogen-bond donors (Lipinski definition) is 1. The van der Waals surface area contributed by atoms with Crippen molar-refractivity contribution in [2.24, 2.45) is 0 Å². The summed E-state index contributed by atoms with van der Waals surface area (Å²) in [5.74, 6) is -0.262. The van der Waals surface area contributed by atoms with Gasteiger partial charge in [0.15, 0.2) is 0 Å². The lowest BCUT2D eigenvalue weighted by atomic mass is 10.0. The summed E-state index contributed by atoms with van der Waals surface area (Å²) < 4.78 is 0. The highest BCUT2D eigenvalue weighted by Crippen LogP contribution is 2.18. The van der Waals surface area contributed by atoms with Crippen LogP contribution in [0.2, 0.25) is 0 Å². The van der Waals surface area contributed by atoms with Gasteiger partial charge in [0.1, 0.15) is 6.04 Å². The molecule has 2 saturated heterocycles. The van der Waals surface area contributed by atoms with E-state index in [9.17, 15) is 9.59 Å². The van der Waals surface area contributed by atoms with Crippen molar-refractivity contribution in [1.82, 2.24) is 20.0 Å². The van der Waals surface area contributed by atoms with Gasteiger partial charge in [0.2, 0.25) is 5.91 Å². The number of carbonyl (C=O) groups excluding carboxylic acids is 2. The zero-order valence-electron chi connectivity index (χ0n) is 18.1. The van der Waals surface area contributed by atoms with Gasteiger partial charge >= 0.3 is 0 Å². The fourth-order valence-corrected chi connectivity index (χ4v) is 4.40. The van der Waals surface area contributed by atoms with Crippen molar-refractivity contribution in [2.45, 2.75) is 18.9 Å². The van der Waals surface area contributed by atoms with Crippen LogP contribution in [0.3, 0.4) is 0 Å². The highest BCUT2D eigenvalue weighted by atomic mass is 16.2. The van der Waals surface area contributed by atoms with Gasteiger partial charge in [-0.3, -0.25) is 14.5 Å². The van der Waals surface area contributed by atoms with Gasteiger partial charge in [0.25, 0.3) is 5.91 Å². The molecular formula is C25H32N4O2. The smallest absolute Gasteiger partial charge is 0.252 e. The fourth-order valence-electron chi connectivity index (χ4n) is 4.40. The van der Waals surface area contributed by atoms with Crippen LogP contribution in [-0.4, -0.2) is 78.9 Å². The largest absolute Gasteiger partial charge is 0.338 e. The maximum atomic E-state index is 13.4. The van der Waals surface area contributed by atoms with E-state index in [-0.39, 0.29) is 11.8 Å². The SMILES string of the molecule is O=C(NC(C(=O)N1CCN(CCN2CCCC2)CC1)c1ccccc1)c1ccccc1. The molecule has 31 heavy (non-hydrogen) atoms. The molecule has 6 heteroatoms. The maximum absolute atomic E-state index is 13.4. The molecule has 6 nitrogen and oxygen atoms in total. The van der Waals surface area contributed by atoms with Crippen LogP contribution in [0.5, 0.6) is 0 Å². The Kier molecular flexibility index (Phi) is 7.33. The Bertz CT molecular complexity index is 844. The van der Waals surface area contributed by atoms with Gasteiger partial charge in [-0.25, -0.2) is 0 Å². The van der Waals surface area contributed by atoms with Crippen molar-refractivity contribution < 1.29 is 9.59 Å². The first-order chi connectivity index (χ1) is 15.2. The summed E-state index contributed by atoms with van der Waals surface area (Å²) in [5, 5.41) is 2.97. The number of likely N-dealkylation sites (tertiary alicyclic amines) is 1. The highest BCUT2D eigenvalue weighted by Gasteiger charge is 2.30. The lowest BCUT2D eigenvalue weighted by Gasteiger charge is -2.37. The topological polar surface area (TPSA) is 55.9 Å². The van der Waals surface area contributed by atoms with Crippen LogP contribution >= 0.6 is 0 Å². The average molecular weight is 421 g/mol. The van der Waals surface area contributed by atoms with Crippen molar-refractivity contribution >= 4 is 11.8 Å². The van der Waals surface area contributed by atoms with Crippen molar-refractivity contribution in [3.05, 3.63) is 71.8 Å². The fraction of sp³-hybridized carbons (Fsp3) is 0.440. The van der Waals surface area contributed by atoms with E-state index in [1.54, 1.807) is 12.1 Å². The predicted octanol–water partition coefficient (Wildman–Crippen LogP) is 2.40. The third-order valence-corrected chi connectivity index (χ3v) is 6.31. The molecule has 2 amide bonds. The van der Waals surface area contributed by atoms with Crippen molar-refractivity contribution in [2.75, 3.05) is 52.4 Å². The van der Waals surface area contributed by atoms with Crippen LogP contribution in [0.15, 0.2) is 60.7 Å². The molecule has 0 bridgehead atoms. The van der Waals surface area contributed by atoms with E-state index in [0.717, 1.165) is 31.7 Å². The normalized spacial score (nSPS) is 18.6. The second-order valence-electron chi connectivity index (χ2n) is 8.40. The van der Waals surface area contributed by atoms with Gasteiger partial charge < -0.3 is 15.1 Å². The minimum absolute atomic E-state index is 0.0327. The van der Waals surface area contributed by atoms with Crippen LogP contribution in [0.4, 0.5) is 0 Å². The van der Waals surface area contributed by atoms with E-state index >= 15 is 0 Å². The highest BCUT2D eigenvalue weighted by molar-refractivity contribution is 5.97. The number of amides is 2. The lowest BCUT2D eigenvalue weighted by Crippen LogP contribution is -2.53. The number of carbonyl (C=O) groups is 2. The Balaban J connectivity index is 1.37. The summed E-state index contributed by atoms with van der Waals surface area (Å²) in [4.78, 5) is 33.1. The first kappa shape index (κ1) is 21.5. The van der Waals surface area contributed by atoms with Crippen molar-refractivity contribution in [1.29, 1.82) is 0 Å². The van der Waals surface area contributed by atoms with Crippen LogP contribution in [0.1, 0.15) is 34.8 Å². The van der Waals surface area contributed by atoms with E-state index in [1.807, 2.05) is 53.4 Å². The Hall–Kier alpha value is -2.70. The summed E-state index contributed by atoms with van der Waals surface area (Å²) in [6.45, 7) is 7.79. The average Bonchev–Trinajstić information content (AvgIpc) is 3.36. The third kappa shape index (κ3) is 5.71. The van der Waals surface area contributed by atoms with E-state index in [2.05, 4.69) is 15.1 Å². The number of nitrogens with zero attached hydrogens (tertiary/aromatic N) is 3. The van der Waals surface area contributed by atoms with Crippen molar-refractivity contribution in [3.63, 3.8) is 0 Å². The second kappa shape index (κ2) is 10.6. The van der Waals surface area contributed by atoms with Crippen LogP contribution < -0.4 is 5.32 Å². The zero-order valence-corrected chi connectivity index (χ0v) is 18.1. The standard InChI is InChI=1S/C25H32N4O2/c30-24(22-11-5-2-6-12-22)26-23(21-9-3-1-4-10-21)25(31)29-19-17-28(18-20-29)16-15-27-13-7-8-14-27/h1-6,9-12,23H,7-8,13-20H2,(H,26,30). The number of piperazine rings is 1. The molecule has 4 rings (SSSR count). The molecule has 2 fully saturated rings. The van der Waals surface area contributed by atoms with Crippen LogP contribution in [-0.2, 0) is 4.79 Å². The van der Waals surface area contributed by atoms with Gasteiger partial charge in [0, 0.05) is 44.8 Å². The Morgan fingerprint density at radius 3 is 1.90 bits per heavy atom. The summed E-state index contributed by atoms with van der Waals surface area (Å²) in [6, 6.07) is 17.9. The van der Waals surface area contributed by atoms with Gasteiger partial charge in [-0.2, -0.15) is 0 Å². The molecular weight excluding hydrogens is 388 g/mol. The first-order valence-corrected chi connectivity index (χ1v) is 11.3. The molecule has 0 aliphatic carbocycles. The van der Waals surface area contributed by atoms with Crippen LogP contribution in [0, 0.1) is 0 Å². The quantitative estimate of drug-likeness (QED) is 0.747. The van der Waals surface area contributed by atoms with Gasteiger partial charge in [-0.1, -0.05) is 48.5 Å². The minimum atomic E-state index is -0.676. The molecule has 0 saturated carbocycles. The molecule has 0 spiro atoms. The number of benzene rings is 2. The van der Waals surface area contributed by atoms with Gasteiger partial charge in [0.05, 0.1) is 0 Å². The number of nitrogens with one attached hydrogen (secondary N) is 1. The zero-order chi connectivity index (χ0) is 21.5. The number of hydrogen-bond acceptors (Lipinski definition) is 4. The number of rotatable bonds is 7. The third-order valence-electron chi connectivity index (χ3n) is 6.31. The van der Waals surface area contributed by atoms with Gasteiger partial charge in [-0.15, -0.1) is 0 Å². The Morgan fingerprint density at radius 1 is 0.742 bits per heavy atom. The summed E-state index contributed by atoms with van der Waals surface area (Å²) in [6.07, 6.45) is 2.63. The molecule has 2 aliphatic rings. The van der Waals surface area contributed by atoms with E-state index in [1.165, 1.54) is 25.9 Å². The molecule has 2 heterocycles. The maximum Gasteiger partial charge on any atom is 0.252 e. The summed E-state index contributed by atoms with van der Waals surface area (Å²) in [5.41, 5.74) is 1.37. The molecule has 0 radical (unpaired) electrons. The van der Waals surface area contributed by atoms with E-state index in [0.29, 0.717) is 18.7 Å². The molecule has 2 aliphatic heterocycles. The van der Waals surface area contributed by atoms with E-state index < -0.39 is 6.04 Å². The van der Waals surface area contributed by atoms with Crippen molar-refractivity contribution in [3.8, 4) is 0 Å². The van der Waals surface area contributed by atoms with Crippen LogP contribution in [0.25, 0.3) is 0 Å². The van der Waals surface area contributed by atoms with E-state index in [4.69, 9.17) is 0 Å². The molecule has 164 valence electrons. The monoisotopic (exact) mass is 420 g/mol. The Labute approximate surface area is 184 Å². The minimum Gasteiger partial charge on any atom is -0.338 e. The lowest BCUT2D eigenvalue weighted by molar-refractivity contribution is -0.135. The molecule has 1 unspecified atom stereocenters.